The van der Waals surface area contributed by atoms with Gasteiger partial charge in [-0.2, -0.15) is 0 Å². The second kappa shape index (κ2) is 8.57. The molecule has 0 aliphatic rings. The fraction of sp³-hybridized carbons (Fsp3) is 0.278. The Hall–Kier alpha value is -2.24. The third-order valence-corrected chi connectivity index (χ3v) is 3.96. The first-order valence-electron chi connectivity index (χ1n) is 7.45. The van der Waals surface area contributed by atoms with Crippen LogP contribution >= 0.6 is 11.6 Å². The molecular formula is C18H20ClNO4. The van der Waals surface area contributed by atoms with Crippen LogP contribution in [-0.2, 0) is 11.2 Å². The van der Waals surface area contributed by atoms with Crippen LogP contribution in [0.25, 0.3) is 0 Å². The molecular weight excluding hydrogens is 330 g/mol. The molecule has 128 valence electrons. The van der Waals surface area contributed by atoms with Crippen molar-refractivity contribution in [3.8, 4) is 11.5 Å². The fourth-order valence-electron chi connectivity index (χ4n) is 2.27. The maximum atomic E-state index is 12.0. The van der Waals surface area contributed by atoms with Gasteiger partial charge in [-0.05, 0) is 29.3 Å². The molecule has 0 radical (unpaired) electrons. The van der Waals surface area contributed by atoms with Gasteiger partial charge >= 0.3 is 0 Å². The average Bonchev–Trinajstić information content (AvgIpc) is 2.61. The van der Waals surface area contributed by atoms with E-state index < -0.39 is 6.10 Å². The lowest BCUT2D eigenvalue weighted by atomic mass is 10.1. The van der Waals surface area contributed by atoms with Crippen molar-refractivity contribution < 1.29 is 19.4 Å². The first-order valence-corrected chi connectivity index (χ1v) is 7.83. The molecule has 0 aliphatic heterocycles. The quantitative estimate of drug-likeness (QED) is 0.806. The molecule has 1 amide bonds. The molecule has 2 N–H and O–H groups in total. The summed E-state index contributed by atoms with van der Waals surface area (Å²) in [4.78, 5) is 12.0. The molecule has 0 spiro atoms. The molecule has 0 heterocycles. The van der Waals surface area contributed by atoms with E-state index in [1.54, 1.807) is 37.4 Å². The van der Waals surface area contributed by atoms with Crippen molar-refractivity contribution in [2.24, 2.45) is 0 Å². The maximum absolute atomic E-state index is 12.0. The van der Waals surface area contributed by atoms with Gasteiger partial charge in [0.05, 0.1) is 26.7 Å². The van der Waals surface area contributed by atoms with E-state index in [9.17, 15) is 9.90 Å². The number of halogens is 1. The van der Waals surface area contributed by atoms with Crippen LogP contribution in [-0.4, -0.2) is 31.8 Å². The van der Waals surface area contributed by atoms with Crippen molar-refractivity contribution in [1.82, 2.24) is 5.32 Å². The molecule has 0 bridgehead atoms. The van der Waals surface area contributed by atoms with Gasteiger partial charge in [0.25, 0.3) is 0 Å². The smallest absolute Gasteiger partial charge is 0.224 e. The van der Waals surface area contributed by atoms with Gasteiger partial charge in [-0.25, -0.2) is 0 Å². The lowest BCUT2D eigenvalue weighted by Crippen LogP contribution is -2.29. The Labute approximate surface area is 146 Å². The number of aliphatic hydroxyl groups is 1. The molecule has 5 nitrogen and oxygen atoms in total. The predicted octanol–water partition coefficient (Wildman–Crippen LogP) is 2.75. The number of hydrogen-bond acceptors (Lipinski definition) is 4. The molecule has 2 rings (SSSR count). The maximum Gasteiger partial charge on any atom is 0.224 e. The Balaban J connectivity index is 1.94. The van der Waals surface area contributed by atoms with Crippen LogP contribution in [0.2, 0.25) is 5.02 Å². The number of hydrogen-bond donors (Lipinski definition) is 2. The lowest BCUT2D eigenvalue weighted by Gasteiger charge is -2.15. The van der Waals surface area contributed by atoms with E-state index in [4.69, 9.17) is 21.1 Å². The first kappa shape index (κ1) is 18.1. The van der Waals surface area contributed by atoms with E-state index in [0.717, 1.165) is 5.56 Å². The number of nitrogens with one attached hydrogen (secondary N) is 1. The molecule has 0 aromatic heterocycles. The van der Waals surface area contributed by atoms with Crippen molar-refractivity contribution in [1.29, 1.82) is 0 Å². The van der Waals surface area contributed by atoms with Gasteiger partial charge in [0.15, 0.2) is 11.5 Å². The molecule has 2 aromatic rings. The number of benzene rings is 2. The number of carbonyl (C=O) groups is 1. The van der Waals surface area contributed by atoms with Crippen LogP contribution in [0.4, 0.5) is 0 Å². The van der Waals surface area contributed by atoms with Crippen molar-refractivity contribution >= 4 is 17.5 Å². The molecule has 0 saturated carbocycles. The highest BCUT2D eigenvalue weighted by Crippen LogP contribution is 2.29. The summed E-state index contributed by atoms with van der Waals surface area (Å²) in [6, 6.07) is 12.3. The van der Waals surface area contributed by atoms with Crippen molar-refractivity contribution in [3.05, 3.63) is 58.6 Å². The van der Waals surface area contributed by atoms with Gasteiger partial charge in [-0.1, -0.05) is 35.9 Å². The zero-order valence-corrected chi connectivity index (χ0v) is 14.3. The number of amides is 1. The van der Waals surface area contributed by atoms with Gasteiger partial charge in [-0.3, -0.25) is 4.79 Å². The van der Waals surface area contributed by atoms with E-state index in [1.165, 1.54) is 7.11 Å². The largest absolute Gasteiger partial charge is 0.493 e. The summed E-state index contributed by atoms with van der Waals surface area (Å²) in [5.74, 6) is 0.898. The third-order valence-electron chi connectivity index (χ3n) is 3.59. The van der Waals surface area contributed by atoms with Crippen LogP contribution < -0.4 is 14.8 Å². The Morgan fingerprint density at radius 1 is 1.17 bits per heavy atom. The van der Waals surface area contributed by atoms with E-state index in [1.807, 2.05) is 12.1 Å². The van der Waals surface area contributed by atoms with Gasteiger partial charge in [0, 0.05) is 11.6 Å². The molecule has 0 saturated heterocycles. The van der Waals surface area contributed by atoms with Gasteiger partial charge in [0.1, 0.15) is 0 Å². The molecule has 6 heteroatoms. The van der Waals surface area contributed by atoms with E-state index in [2.05, 4.69) is 5.32 Å². The fourth-order valence-corrected chi connectivity index (χ4v) is 2.47. The molecule has 0 aliphatic carbocycles. The minimum atomic E-state index is -0.847. The molecule has 2 aromatic carbocycles. The molecule has 1 unspecified atom stereocenters. The summed E-state index contributed by atoms with van der Waals surface area (Å²) in [5, 5.41) is 13.5. The Morgan fingerprint density at radius 2 is 1.88 bits per heavy atom. The van der Waals surface area contributed by atoms with Crippen LogP contribution in [0.3, 0.4) is 0 Å². The summed E-state index contributed by atoms with van der Waals surface area (Å²) in [7, 11) is 3.07. The molecule has 1 atom stereocenters. The van der Waals surface area contributed by atoms with E-state index in [-0.39, 0.29) is 18.9 Å². The van der Waals surface area contributed by atoms with Crippen molar-refractivity contribution in [2.45, 2.75) is 12.5 Å². The lowest BCUT2D eigenvalue weighted by molar-refractivity contribution is -0.120. The zero-order chi connectivity index (χ0) is 17.5. The van der Waals surface area contributed by atoms with Crippen LogP contribution in [0.15, 0.2) is 42.5 Å². The van der Waals surface area contributed by atoms with Gasteiger partial charge < -0.3 is 19.9 Å². The topological polar surface area (TPSA) is 67.8 Å². The van der Waals surface area contributed by atoms with Gasteiger partial charge in [-0.15, -0.1) is 0 Å². The third kappa shape index (κ3) is 4.63. The number of ether oxygens (including phenoxy) is 2. The monoisotopic (exact) mass is 349 g/mol. The highest BCUT2D eigenvalue weighted by atomic mass is 35.5. The highest BCUT2D eigenvalue weighted by molar-refractivity contribution is 6.31. The van der Waals surface area contributed by atoms with Crippen LogP contribution in [0, 0.1) is 0 Å². The summed E-state index contributed by atoms with van der Waals surface area (Å²) in [6.45, 7) is 0.0960. The van der Waals surface area contributed by atoms with Crippen LogP contribution in [0.1, 0.15) is 17.2 Å². The summed E-state index contributed by atoms with van der Waals surface area (Å²) in [6.07, 6.45) is -0.682. The number of methoxy groups -OCH3 is 2. The summed E-state index contributed by atoms with van der Waals surface area (Å²) in [5.41, 5.74) is 1.38. The standard InChI is InChI=1S/C18H20ClNO4/c1-23-16-8-7-13(9-17(16)24-2)15(21)11-20-18(22)10-12-5-3-4-6-14(12)19/h3-9,15,21H,10-11H2,1-2H3,(H,20,22). The Morgan fingerprint density at radius 3 is 2.54 bits per heavy atom. The second-order valence-electron chi connectivity index (χ2n) is 5.20. The zero-order valence-electron chi connectivity index (χ0n) is 13.6. The number of rotatable bonds is 7. The average molecular weight is 350 g/mol. The van der Waals surface area contributed by atoms with Crippen molar-refractivity contribution in [2.75, 3.05) is 20.8 Å². The summed E-state index contributed by atoms with van der Waals surface area (Å²) >= 11 is 6.03. The van der Waals surface area contributed by atoms with Crippen LogP contribution in [0.5, 0.6) is 11.5 Å². The summed E-state index contributed by atoms with van der Waals surface area (Å²) < 4.78 is 10.4. The second-order valence-corrected chi connectivity index (χ2v) is 5.61. The molecule has 0 fully saturated rings. The normalized spacial score (nSPS) is 11.7. The van der Waals surface area contributed by atoms with E-state index in [0.29, 0.717) is 22.1 Å². The predicted molar refractivity (Wildman–Crippen MR) is 92.7 cm³/mol. The van der Waals surface area contributed by atoms with E-state index >= 15 is 0 Å². The Bertz CT molecular complexity index is 705. The van der Waals surface area contributed by atoms with Crippen molar-refractivity contribution in [3.63, 3.8) is 0 Å². The Kier molecular flexibility index (Phi) is 6.46. The number of aliphatic hydroxyl groups excluding tert-OH is 1. The minimum absolute atomic E-state index is 0.0960. The minimum Gasteiger partial charge on any atom is -0.493 e. The SMILES string of the molecule is COc1ccc(C(O)CNC(=O)Cc2ccccc2Cl)cc1OC. The molecule has 24 heavy (non-hydrogen) atoms. The highest BCUT2D eigenvalue weighted by Gasteiger charge is 2.13. The number of carbonyl (C=O) groups excluding carboxylic acids is 1. The van der Waals surface area contributed by atoms with Gasteiger partial charge in [0.2, 0.25) is 5.91 Å². The first-order chi connectivity index (χ1) is 11.5.